The minimum Gasteiger partial charge on any atom is -0.177 e. The van der Waals surface area contributed by atoms with Crippen LogP contribution >= 0.6 is 0 Å². The van der Waals surface area contributed by atoms with Gasteiger partial charge in [0.2, 0.25) is 0 Å². The van der Waals surface area contributed by atoms with Crippen molar-refractivity contribution in [2.75, 3.05) is 0 Å². The molecule has 0 aliphatic carbocycles. The lowest BCUT2D eigenvalue weighted by molar-refractivity contribution is -0.0455. The summed E-state index contributed by atoms with van der Waals surface area (Å²) >= 11 is 0. The molecule has 0 amide bonds. The van der Waals surface area contributed by atoms with Gasteiger partial charge in [-0.1, -0.05) is 35.0 Å². The SMILES string of the molecule is Cc1ccc([SiH2]C(F)(F)F)cc1. The van der Waals surface area contributed by atoms with Gasteiger partial charge in [-0.15, -0.1) is 0 Å². The zero-order valence-electron chi connectivity index (χ0n) is 6.65. The molecule has 66 valence electrons. The molecule has 4 heteroatoms. The van der Waals surface area contributed by atoms with E-state index < -0.39 is 15.3 Å². The third-order valence-electron chi connectivity index (χ3n) is 1.53. The topological polar surface area (TPSA) is 0 Å². The van der Waals surface area contributed by atoms with Crippen LogP contribution < -0.4 is 5.19 Å². The summed E-state index contributed by atoms with van der Waals surface area (Å²) in [5.74, 6) is -3.96. The van der Waals surface area contributed by atoms with Gasteiger partial charge >= 0.3 is 5.80 Å². The molecule has 0 unspecified atom stereocenters. The lowest BCUT2D eigenvalue weighted by Gasteiger charge is -2.04. The Morgan fingerprint density at radius 2 is 1.58 bits per heavy atom. The maximum absolute atomic E-state index is 11.9. The average molecular weight is 190 g/mol. The van der Waals surface area contributed by atoms with Gasteiger partial charge in [0.15, 0.2) is 9.52 Å². The molecule has 0 aliphatic heterocycles. The lowest BCUT2D eigenvalue weighted by Crippen LogP contribution is -2.29. The predicted molar refractivity (Wildman–Crippen MR) is 45.4 cm³/mol. The van der Waals surface area contributed by atoms with E-state index in [2.05, 4.69) is 0 Å². The second-order valence-corrected chi connectivity index (χ2v) is 4.75. The first-order valence-corrected chi connectivity index (χ1v) is 5.01. The number of benzene rings is 1. The highest BCUT2D eigenvalue weighted by Gasteiger charge is 2.27. The van der Waals surface area contributed by atoms with Gasteiger partial charge in [-0.05, 0) is 6.92 Å². The van der Waals surface area contributed by atoms with Crippen molar-refractivity contribution in [1.29, 1.82) is 0 Å². The van der Waals surface area contributed by atoms with Crippen LogP contribution in [0.25, 0.3) is 0 Å². The Hall–Kier alpha value is -0.773. The van der Waals surface area contributed by atoms with E-state index in [9.17, 15) is 13.2 Å². The van der Waals surface area contributed by atoms with Crippen LogP contribution in [0.3, 0.4) is 0 Å². The quantitative estimate of drug-likeness (QED) is 0.586. The third-order valence-corrected chi connectivity index (χ3v) is 2.81. The van der Waals surface area contributed by atoms with E-state index in [-0.39, 0.29) is 0 Å². The third kappa shape index (κ3) is 3.09. The maximum Gasteiger partial charge on any atom is 0.359 e. The van der Waals surface area contributed by atoms with Crippen LogP contribution in [0.5, 0.6) is 0 Å². The Morgan fingerprint density at radius 3 is 2.00 bits per heavy atom. The van der Waals surface area contributed by atoms with Crippen LogP contribution in [-0.2, 0) is 0 Å². The number of hydrogen-bond donors (Lipinski definition) is 0. The van der Waals surface area contributed by atoms with Crippen molar-refractivity contribution in [2.45, 2.75) is 12.7 Å². The number of alkyl halides is 3. The molecule has 1 rings (SSSR count). The number of aryl methyl sites for hydroxylation is 1. The van der Waals surface area contributed by atoms with Gasteiger partial charge in [0.25, 0.3) is 0 Å². The van der Waals surface area contributed by atoms with Crippen LogP contribution in [-0.4, -0.2) is 15.3 Å². The second-order valence-electron chi connectivity index (χ2n) is 2.78. The molecule has 0 aromatic heterocycles. The van der Waals surface area contributed by atoms with E-state index in [1.807, 2.05) is 6.92 Å². The van der Waals surface area contributed by atoms with Crippen molar-refractivity contribution in [1.82, 2.24) is 0 Å². The number of hydrogen-bond acceptors (Lipinski definition) is 0. The fraction of sp³-hybridized carbons (Fsp3) is 0.250. The molecule has 1 aromatic carbocycles. The minimum absolute atomic E-state index is 0.452. The maximum atomic E-state index is 11.9. The van der Waals surface area contributed by atoms with E-state index in [4.69, 9.17) is 0 Å². The summed E-state index contributed by atoms with van der Waals surface area (Å²) in [7, 11) is -2.09. The van der Waals surface area contributed by atoms with Crippen LogP contribution in [0, 0.1) is 6.92 Å². The van der Waals surface area contributed by atoms with Gasteiger partial charge in [0.1, 0.15) is 0 Å². The highest BCUT2D eigenvalue weighted by Crippen LogP contribution is 2.11. The molecule has 0 aliphatic rings. The Labute approximate surface area is 71.2 Å². The molecule has 0 saturated carbocycles. The largest absolute Gasteiger partial charge is 0.359 e. The first-order chi connectivity index (χ1) is 5.47. The fourth-order valence-electron chi connectivity index (χ4n) is 0.937. The van der Waals surface area contributed by atoms with E-state index in [1.165, 1.54) is 0 Å². The van der Waals surface area contributed by atoms with Crippen molar-refractivity contribution >= 4 is 14.7 Å². The van der Waals surface area contributed by atoms with E-state index in [0.29, 0.717) is 5.19 Å². The summed E-state index contributed by atoms with van der Waals surface area (Å²) in [6.45, 7) is 1.86. The van der Waals surface area contributed by atoms with Crippen molar-refractivity contribution in [3.05, 3.63) is 29.8 Å². The Balaban J connectivity index is 2.71. The zero-order valence-corrected chi connectivity index (χ0v) is 8.06. The van der Waals surface area contributed by atoms with Crippen LogP contribution in [0.15, 0.2) is 24.3 Å². The van der Waals surface area contributed by atoms with Gasteiger partial charge in [-0.2, -0.15) is 13.2 Å². The number of halogens is 3. The minimum atomic E-state index is -3.96. The Kier molecular flexibility index (Phi) is 2.57. The van der Waals surface area contributed by atoms with Crippen molar-refractivity contribution in [3.8, 4) is 0 Å². The number of rotatable bonds is 1. The summed E-state index contributed by atoms with van der Waals surface area (Å²) in [6.07, 6.45) is 0. The van der Waals surface area contributed by atoms with Crippen LogP contribution in [0.4, 0.5) is 13.2 Å². The first-order valence-electron chi connectivity index (χ1n) is 3.60. The van der Waals surface area contributed by atoms with Gasteiger partial charge < -0.3 is 0 Å². The summed E-state index contributed by atoms with van der Waals surface area (Å²) in [6, 6.07) is 6.56. The average Bonchev–Trinajstić information content (AvgIpc) is 1.91. The summed E-state index contributed by atoms with van der Waals surface area (Å²) in [4.78, 5) is 0. The summed E-state index contributed by atoms with van der Waals surface area (Å²) in [5.41, 5.74) is 0.995. The molecular formula is C8H9F3Si. The molecule has 0 radical (unpaired) electrons. The summed E-state index contributed by atoms with van der Waals surface area (Å²) < 4.78 is 35.7. The Bertz CT molecular complexity index is 250. The molecule has 0 heterocycles. The van der Waals surface area contributed by atoms with Crippen molar-refractivity contribution in [2.24, 2.45) is 0 Å². The van der Waals surface area contributed by atoms with Gasteiger partial charge in [-0.3, -0.25) is 0 Å². The van der Waals surface area contributed by atoms with Crippen LogP contribution in [0.2, 0.25) is 0 Å². The molecule has 0 fully saturated rings. The van der Waals surface area contributed by atoms with E-state index in [1.54, 1.807) is 24.3 Å². The highest BCUT2D eigenvalue weighted by molar-refractivity contribution is 6.55. The second kappa shape index (κ2) is 3.31. The monoisotopic (exact) mass is 190 g/mol. The zero-order chi connectivity index (χ0) is 9.19. The smallest absolute Gasteiger partial charge is 0.177 e. The molecular weight excluding hydrogens is 181 g/mol. The first kappa shape index (κ1) is 9.32. The highest BCUT2D eigenvalue weighted by atomic mass is 28.2. The molecule has 0 N–H and O–H groups in total. The Morgan fingerprint density at radius 1 is 1.08 bits per heavy atom. The molecule has 0 atom stereocenters. The van der Waals surface area contributed by atoms with Gasteiger partial charge in [-0.25, -0.2) is 0 Å². The summed E-state index contributed by atoms with van der Waals surface area (Å²) in [5, 5.41) is 0.452. The molecule has 0 bridgehead atoms. The molecule has 12 heavy (non-hydrogen) atoms. The van der Waals surface area contributed by atoms with E-state index >= 15 is 0 Å². The standard InChI is InChI=1S/C8H9F3Si/c1-6-2-4-7(5-3-6)12-8(9,10)11/h2-5H,12H2,1H3. The van der Waals surface area contributed by atoms with E-state index in [0.717, 1.165) is 5.56 Å². The molecule has 0 nitrogen and oxygen atoms in total. The van der Waals surface area contributed by atoms with Crippen molar-refractivity contribution in [3.63, 3.8) is 0 Å². The lowest BCUT2D eigenvalue weighted by atomic mass is 10.2. The van der Waals surface area contributed by atoms with Gasteiger partial charge in [0.05, 0.1) is 0 Å². The predicted octanol–water partition coefficient (Wildman–Crippen LogP) is 1.31. The fourth-order valence-corrected chi connectivity index (χ4v) is 1.87. The van der Waals surface area contributed by atoms with Gasteiger partial charge in [0, 0.05) is 0 Å². The molecule has 0 saturated heterocycles. The normalized spacial score (nSPS) is 12.7. The molecule has 0 spiro atoms. The van der Waals surface area contributed by atoms with Crippen molar-refractivity contribution < 1.29 is 13.2 Å². The molecule has 1 aromatic rings. The van der Waals surface area contributed by atoms with Crippen LogP contribution in [0.1, 0.15) is 5.56 Å².